The lowest BCUT2D eigenvalue weighted by Crippen LogP contribution is -2.40. The summed E-state index contributed by atoms with van der Waals surface area (Å²) in [5.74, 6) is -0.835. The van der Waals surface area contributed by atoms with Gasteiger partial charge in [-0.1, -0.05) is 41.9 Å². The van der Waals surface area contributed by atoms with Gasteiger partial charge in [0.2, 0.25) is 5.91 Å². The zero-order valence-electron chi connectivity index (χ0n) is 15.7. The van der Waals surface area contributed by atoms with E-state index >= 15 is 0 Å². The molecule has 0 aliphatic carbocycles. The van der Waals surface area contributed by atoms with Crippen LogP contribution in [-0.4, -0.2) is 40.8 Å². The second-order valence-electron chi connectivity index (χ2n) is 6.89. The Labute approximate surface area is 172 Å². The Balaban J connectivity index is 1.58. The van der Waals surface area contributed by atoms with Gasteiger partial charge in [0, 0.05) is 22.6 Å². The highest BCUT2D eigenvalue weighted by Gasteiger charge is 2.30. The number of hydrogen-bond acceptors (Lipinski definition) is 3. The average molecular weight is 411 g/mol. The van der Waals surface area contributed by atoms with Gasteiger partial charge in [-0.2, -0.15) is 0 Å². The number of benzene rings is 2. The number of halogens is 1. The van der Waals surface area contributed by atoms with Crippen LogP contribution in [0.1, 0.15) is 11.1 Å². The van der Waals surface area contributed by atoms with E-state index < -0.39 is 17.8 Å². The first-order valence-electron chi connectivity index (χ1n) is 9.15. The molecule has 1 aromatic heterocycles. The third kappa shape index (κ3) is 3.69. The number of aryl methyl sites for hydroxylation is 1. The van der Waals surface area contributed by atoms with Gasteiger partial charge in [-0.05, 0) is 35.7 Å². The summed E-state index contributed by atoms with van der Waals surface area (Å²) >= 11 is 6.31. The third-order valence-corrected chi connectivity index (χ3v) is 5.21. The molecule has 0 spiro atoms. The average Bonchev–Trinajstić information content (AvgIpc) is 3.21. The number of hydrogen-bond donors (Lipinski definition) is 3. The molecule has 1 fully saturated rings. The van der Waals surface area contributed by atoms with Crippen molar-refractivity contribution in [3.8, 4) is 11.3 Å². The smallest absolute Gasteiger partial charge is 0.325 e. The molecule has 148 valence electrons. The molecule has 0 saturated carbocycles. The highest BCUT2D eigenvalue weighted by molar-refractivity contribution is 6.31. The van der Waals surface area contributed by atoms with Crippen molar-refractivity contribution >= 4 is 40.3 Å². The number of aromatic nitrogens is 1. The predicted octanol–water partition coefficient (Wildman–Crippen LogP) is 2.96. The molecule has 29 heavy (non-hydrogen) atoms. The minimum atomic E-state index is -0.553. The molecule has 0 bridgehead atoms. The summed E-state index contributed by atoms with van der Waals surface area (Å²) in [5.41, 5.74) is 4.84. The Kier molecular flexibility index (Phi) is 4.98. The van der Waals surface area contributed by atoms with Crippen molar-refractivity contribution in [2.45, 2.75) is 13.5 Å². The van der Waals surface area contributed by atoms with Crippen molar-refractivity contribution in [1.29, 1.82) is 0 Å². The van der Waals surface area contributed by atoms with E-state index in [4.69, 9.17) is 11.6 Å². The fraction of sp³-hybridized carbons (Fsp3) is 0.190. The first-order chi connectivity index (χ1) is 13.9. The number of nitrogens with one attached hydrogen (secondary N) is 3. The quantitative estimate of drug-likeness (QED) is 0.564. The Bertz CT molecular complexity index is 1110. The summed E-state index contributed by atoms with van der Waals surface area (Å²) in [6.07, 6.45) is 0. The van der Waals surface area contributed by atoms with Crippen LogP contribution < -0.4 is 10.6 Å². The number of fused-ring (bicyclic) bond motifs is 1. The minimum Gasteiger partial charge on any atom is -0.354 e. The molecule has 1 aliphatic heterocycles. The molecule has 4 amide bonds. The van der Waals surface area contributed by atoms with E-state index in [9.17, 15) is 14.4 Å². The molecule has 3 aromatic rings. The van der Waals surface area contributed by atoms with E-state index in [0.29, 0.717) is 5.02 Å². The van der Waals surface area contributed by atoms with Crippen molar-refractivity contribution in [2.75, 3.05) is 13.1 Å². The normalized spacial score (nSPS) is 13.8. The maximum absolute atomic E-state index is 12.2. The van der Waals surface area contributed by atoms with Crippen LogP contribution in [0.3, 0.4) is 0 Å². The summed E-state index contributed by atoms with van der Waals surface area (Å²) in [7, 11) is 0. The van der Waals surface area contributed by atoms with Crippen molar-refractivity contribution in [1.82, 2.24) is 20.5 Å². The molecule has 1 aliphatic rings. The van der Waals surface area contributed by atoms with Gasteiger partial charge in [-0.15, -0.1) is 0 Å². The predicted molar refractivity (Wildman–Crippen MR) is 110 cm³/mol. The number of carbonyl (C=O) groups is 3. The second kappa shape index (κ2) is 7.60. The Morgan fingerprint density at radius 3 is 2.66 bits per heavy atom. The van der Waals surface area contributed by atoms with Gasteiger partial charge < -0.3 is 15.6 Å². The fourth-order valence-electron chi connectivity index (χ4n) is 3.50. The van der Waals surface area contributed by atoms with E-state index in [2.05, 4.69) is 15.6 Å². The highest BCUT2D eigenvalue weighted by atomic mass is 35.5. The van der Waals surface area contributed by atoms with E-state index in [1.807, 2.05) is 43.3 Å². The number of aromatic amines is 1. The molecule has 0 atom stereocenters. The molecule has 1 saturated heterocycles. The molecule has 0 unspecified atom stereocenters. The first-order valence-corrected chi connectivity index (χ1v) is 9.53. The fourth-order valence-corrected chi connectivity index (χ4v) is 3.74. The van der Waals surface area contributed by atoms with Crippen molar-refractivity contribution < 1.29 is 14.4 Å². The van der Waals surface area contributed by atoms with Crippen LogP contribution in [0.5, 0.6) is 0 Å². The van der Waals surface area contributed by atoms with Gasteiger partial charge in [0.25, 0.3) is 5.91 Å². The topological polar surface area (TPSA) is 94.3 Å². The van der Waals surface area contributed by atoms with Gasteiger partial charge in [0.1, 0.15) is 6.54 Å². The number of amides is 4. The maximum Gasteiger partial charge on any atom is 0.325 e. The monoisotopic (exact) mass is 410 g/mol. The van der Waals surface area contributed by atoms with Crippen molar-refractivity contribution in [3.63, 3.8) is 0 Å². The number of carbonyl (C=O) groups excluding carboxylic acids is 3. The lowest BCUT2D eigenvalue weighted by Gasteiger charge is -2.12. The summed E-state index contributed by atoms with van der Waals surface area (Å²) in [6.45, 7) is 1.85. The van der Waals surface area contributed by atoms with E-state index in [-0.39, 0.29) is 19.6 Å². The molecule has 3 N–H and O–H groups in total. The van der Waals surface area contributed by atoms with Gasteiger partial charge in [-0.25, -0.2) is 4.79 Å². The Morgan fingerprint density at radius 2 is 1.97 bits per heavy atom. The summed E-state index contributed by atoms with van der Waals surface area (Å²) in [5, 5.41) is 6.70. The lowest BCUT2D eigenvalue weighted by molar-refractivity contribution is -0.130. The zero-order chi connectivity index (χ0) is 20.5. The van der Waals surface area contributed by atoms with E-state index in [1.54, 1.807) is 6.07 Å². The van der Waals surface area contributed by atoms with Crippen LogP contribution in [0.25, 0.3) is 22.2 Å². The molecule has 8 heteroatoms. The lowest BCUT2D eigenvalue weighted by atomic mass is 10.1. The van der Waals surface area contributed by atoms with Crippen LogP contribution in [0.15, 0.2) is 42.5 Å². The number of nitrogens with zero attached hydrogens (tertiary/aromatic N) is 1. The van der Waals surface area contributed by atoms with Gasteiger partial charge in [0.15, 0.2) is 0 Å². The SMILES string of the molecule is Cc1c(-c2ccccc2)[nH]c2c(CNC(=O)CN3C(=O)CNC3=O)cc(Cl)cc12. The Morgan fingerprint density at radius 1 is 1.21 bits per heavy atom. The standard InChI is InChI=1S/C21H19ClN4O3/c1-12-16-8-15(22)7-14(20(16)25-19(12)13-5-3-2-4-6-13)9-23-17(27)11-26-18(28)10-24-21(26)29/h2-8,25H,9-11H2,1H3,(H,23,27)(H,24,29). The van der Waals surface area contributed by atoms with E-state index in [1.165, 1.54) is 0 Å². The minimum absolute atomic E-state index is 0.0783. The van der Waals surface area contributed by atoms with Crippen LogP contribution in [0.4, 0.5) is 4.79 Å². The molecule has 7 nitrogen and oxygen atoms in total. The second-order valence-corrected chi connectivity index (χ2v) is 7.33. The number of urea groups is 1. The first kappa shape index (κ1) is 19.0. The molecule has 2 heterocycles. The van der Waals surface area contributed by atoms with E-state index in [0.717, 1.165) is 38.2 Å². The summed E-state index contributed by atoms with van der Waals surface area (Å²) < 4.78 is 0. The molecule has 0 radical (unpaired) electrons. The zero-order valence-corrected chi connectivity index (χ0v) is 16.5. The number of imide groups is 1. The maximum atomic E-state index is 12.2. The molecule has 2 aromatic carbocycles. The Hall–Kier alpha value is -3.32. The van der Waals surface area contributed by atoms with Crippen LogP contribution in [0, 0.1) is 6.92 Å². The molecular formula is C21H19ClN4O3. The molecular weight excluding hydrogens is 392 g/mol. The highest BCUT2D eigenvalue weighted by Crippen LogP contribution is 2.33. The van der Waals surface area contributed by atoms with Crippen LogP contribution >= 0.6 is 11.6 Å². The largest absolute Gasteiger partial charge is 0.354 e. The third-order valence-electron chi connectivity index (χ3n) is 4.99. The summed E-state index contributed by atoms with van der Waals surface area (Å²) in [6, 6.07) is 13.1. The van der Waals surface area contributed by atoms with Gasteiger partial charge in [-0.3, -0.25) is 14.5 Å². The van der Waals surface area contributed by atoms with Crippen LogP contribution in [-0.2, 0) is 16.1 Å². The van der Waals surface area contributed by atoms with Crippen molar-refractivity contribution in [3.05, 3.63) is 58.6 Å². The number of rotatable bonds is 5. The van der Waals surface area contributed by atoms with Gasteiger partial charge >= 0.3 is 6.03 Å². The van der Waals surface area contributed by atoms with Gasteiger partial charge in [0.05, 0.1) is 12.1 Å². The van der Waals surface area contributed by atoms with Crippen molar-refractivity contribution in [2.24, 2.45) is 0 Å². The van der Waals surface area contributed by atoms with Crippen LogP contribution in [0.2, 0.25) is 5.02 Å². The molecule has 4 rings (SSSR count). The summed E-state index contributed by atoms with van der Waals surface area (Å²) in [4.78, 5) is 39.8. The number of H-pyrrole nitrogens is 1.